The van der Waals surface area contributed by atoms with Crippen molar-refractivity contribution in [3.8, 4) is 51.1 Å². The molecule has 0 aliphatic rings. The van der Waals surface area contributed by atoms with Crippen molar-refractivity contribution in [1.29, 1.82) is 0 Å². The molecule has 0 fully saturated rings. The Morgan fingerprint density at radius 3 is 2.07 bits per heavy atom. The van der Waals surface area contributed by atoms with Gasteiger partial charge >= 0.3 is 0 Å². The van der Waals surface area contributed by atoms with Crippen LogP contribution in [-0.2, 0) is 4.57 Å². The van der Waals surface area contributed by atoms with Gasteiger partial charge in [0.2, 0.25) is 5.75 Å². The summed E-state index contributed by atoms with van der Waals surface area (Å²) in [4.78, 5) is 22.5. The molecule has 0 saturated carbocycles. The van der Waals surface area contributed by atoms with Gasteiger partial charge < -0.3 is 37.8 Å². The molecule has 3 rings (SSSR count). The molecule has 0 aliphatic heterocycles. The Balaban J connectivity index is 2.18. The third-order valence-corrected chi connectivity index (χ3v) is 5.25. The lowest BCUT2D eigenvalue weighted by Crippen LogP contribution is -2.18. The smallest absolute Gasteiger partial charge is 0.203 e. The fourth-order valence-corrected chi connectivity index (χ4v) is 4.00. The maximum Gasteiger partial charge on any atom is 0.203 e. The maximum absolute atomic E-state index is 11.3. The van der Waals surface area contributed by atoms with Crippen LogP contribution in [0, 0.1) is 0 Å². The molecule has 0 amide bonds. The predicted molar refractivity (Wildman–Crippen MR) is 107 cm³/mol. The van der Waals surface area contributed by atoms with Crippen LogP contribution in [0.2, 0.25) is 0 Å². The highest BCUT2D eigenvalue weighted by molar-refractivity contribution is 7.43. The van der Waals surface area contributed by atoms with E-state index in [0.29, 0.717) is 45.4 Å². The monoisotopic (exact) mass is 451 g/mol. The van der Waals surface area contributed by atoms with Crippen molar-refractivity contribution in [2.24, 2.45) is 0 Å². The van der Waals surface area contributed by atoms with Crippen molar-refractivity contribution in [2.45, 2.75) is 0 Å². The summed E-state index contributed by atoms with van der Waals surface area (Å²) in [5, 5.41) is 1.72. The molecule has 0 N–H and O–H groups in total. The van der Waals surface area contributed by atoms with E-state index < -0.39 is 7.82 Å². The van der Waals surface area contributed by atoms with E-state index in [-0.39, 0.29) is 5.75 Å². The van der Waals surface area contributed by atoms with Gasteiger partial charge in [-0.3, -0.25) is 0 Å². The molecule has 0 aliphatic carbocycles. The molecule has 0 bridgehead atoms. The molecule has 30 heavy (non-hydrogen) atoms. The van der Waals surface area contributed by atoms with E-state index in [2.05, 4.69) is 8.90 Å². The van der Waals surface area contributed by atoms with Gasteiger partial charge in [-0.25, -0.2) is 0 Å². The SMILES string of the molecule is COc1ccc(-c2csnc2-c2cc(OC)c(OC)c(OC)c2)c(OP(=O)([O-])[O-])c1. The zero-order valence-electron chi connectivity index (χ0n) is 16.5. The molecule has 0 atom stereocenters. The molecule has 3 aromatic rings. The zero-order chi connectivity index (χ0) is 21.9. The van der Waals surface area contributed by atoms with Gasteiger partial charge in [-0.2, -0.15) is 4.37 Å². The van der Waals surface area contributed by atoms with Crippen LogP contribution in [-0.4, -0.2) is 32.8 Å². The first-order chi connectivity index (χ1) is 14.3. The lowest BCUT2D eigenvalue weighted by Gasteiger charge is -2.30. The average Bonchev–Trinajstić information content (AvgIpc) is 3.20. The minimum absolute atomic E-state index is 0.156. The molecule has 0 unspecified atom stereocenters. The topological polar surface area (TPSA) is 122 Å². The number of hydrogen-bond donors (Lipinski definition) is 0. The molecule has 160 valence electrons. The van der Waals surface area contributed by atoms with E-state index in [1.54, 1.807) is 29.6 Å². The quantitative estimate of drug-likeness (QED) is 0.476. The minimum atomic E-state index is -5.30. The number of phosphoric acid groups is 1. The highest BCUT2D eigenvalue weighted by Crippen LogP contribution is 2.46. The average molecular weight is 451 g/mol. The molecule has 0 radical (unpaired) electrons. The first-order valence-corrected chi connectivity index (χ1v) is 10.8. The van der Waals surface area contributed by atoms with E-state index in [0.717, 1.165) is 11.5 Å². The first kappa shape index (κ1) is 21.9. The molecule has 1 aromatic heterocycles. The maximum atomic E-state index is 11.3. The van der Waals surface area contributed by atoms with Crippen LogP contribution >= 0.6 is 19.4 Å². The van der Waals surface area contributed by atoms with Crippen LogP contribution in [0.5, 0.6) is 28.7 Å². The highest BCUT2D eigenvalue weighted by Gasteiger charge is 2.20. The highest BCUT2D eigenvalue weighted by atomic mass is 32.1. The Labute approximate surface area is 177 Å². The number of aromatic nitrogens is 1. The van der Waals surface area contributed by atoms with Gasteiger partial charge in [0.1, 0.15) is 19.3 Å². The molecule has 9 nitrogen and oxygen atoms in total. The van der Waals surface area contributed by atoms with Crippen LogP contribution in [0.3, 0.4) is 0 Å². The van der Waals surface area contributed by atoms with Gasteiger partial charge in [0.25, 0.3) is 0 Å². The van der Waals surface area contributed by atoms with E-state index in [1.165, 1.54) is 34.5 Å². The molecule has 2 aromatic carbocycles. The van der Waals surface area contributed by atoms with Gasteiger partial charge in [0, 0.05) is 28.1 Å². The summed E-state index contributed by atoms with van der Waals surface area (Å²) in [7, 11) is 0.614. The van der Waals surface area contributed by atoms with Crippen LogP contribution < -0.4 is 33.3 Å². The van der Waals surface area contributed by atoms with Crippen LogP contribution in [0.1, 0.15) is 0 Å². The summed E-state index contributed by atoms with van der Waals surface area (Å²) in [6.45, 7) is 0. The molecule has 0 saturated heterocycles. The number of rotatable bonds is 8. The van der Waals surface area contributed by atoms with Gasteiger partial charge in [0.05, 0.1) is 34.1 Å². The van der Waals surface area contributed by atoms with Gasteiger partial charge in [-0.15, -0.1) is 0 Å². The van der Waals surface area contributed by atoms with Crippen molar-refractivity contribution in [3.63, 3.8) is 0 Å². The lowest BCUT2D eigenvalue weighted by atomic mass is 10.0. The Morgan fingerprint density at radius 1 is 0.867 bits per heavy atom. The van der Waals surface area contributed by atoms with E-state index in [1.807, 2.05) is 0 Å². The zero-order valence-corrected chi connectivity index (χ0v) is 18.2. The Morgan fingerprint density at radius 2 is 1.53 bits per heavy atom. The number of nitrogens with zero attached hydrogens (tertiary/aromatic N) is 1. The van der Waals surface area contributed by atoms with E-state index in [4.69, 9.17) is 18.9 Å². The third kappa shape index (κ3) is 4.52. The van der Waals surface area contributed by atoms with E-state index in [9.17, 15) is 14.4 Å². The summed E-state index contributed by atoms with van der Waals surface area (Å²) in [5.74, 6) is 1.46. The third-order valence-electron chi connectivity index (χ3n) is 4.20. The predicted octanol–water partition coefficient (Wildman–Crippen LogP) is 2.72. The number of benzene rings is 2. The Hall–Kier alpha value is -2.78. The molecule has 11 heteroatoms. The van der Waals surface area contributed by atoms with Crippen molar-refractivity contribution >= 4 is 19.4 Å². The molecular weight excluding hydrogens is 433 g/mol. The van der Waals surface area contributed by atoms with Crippen LogP contribution in [0.15, 0.2) is 35.7 Å². The van der Waals surface area contributed by atoms with Crippen molar-refractivity contribution in [1.82, 2.24) is 4.37 Å². The summed E-state index contributed by atoms with van der Waals surface area (Å²) in [6.07, 6.45) is 0. The van der Waals surface area contributed by atoms with E-state index >= 15 is 0 Å². The van der Waals surface area contributed by atoms with Gasteiger partial charge in [0.15, 0.2) is 11.5 Å². The summed E-state index contributed by atoms with van der Waals surface area (Å²) >= 11 is 1.15. The van der Waals surface area contributed by atoms with Gasteiger partial charge in [-0.1, -0.05) is 0 Å². The Bertz CT molecular complexity index is 1070. The molecule has 0 spiro atoms. The first-order valence-electron chi connectivity index (χ1n) is 8.46. The normalized spacial score (nSPS) is 11.1. The summed E-state index contributed by atoms with van der Waals surface area (Å²) < 4.78 is 41.6. The lowest BCUT2D eigenvalue weighted by molar-refractivity contribution is -0.333. The van der Waals surface area contributed by atoms with Crippen LogP contribution in [0.25, 0.3) is 22.4 Å². The summed E-state index contributed by atoms with van der Waals surface area (Å²) in [5.41, 5.74) is 2.07. The minimum Gasteiger partial charge on any atom is -0.780 e. The second kappa shape index (κ2) is 8.93. The fraction of sp³-hybridized carbons (Fsp3) is 0.211. The van der Waals surface area contributed by atoms with Crippen molar-refractivity contribution in [2.75, 3.05) is 28.4 Å². The number of hydrogen-bond acceptors (Lipinski definition) is 10. The number of methoxy groups -OCH3 is 4. The Kier molecular flexibility index (Phi) is 6.52. The number of ether oxygens (including phenoxy) is 4. The number of phosphoric ester groups is 1. The largest absolute Gasteiger partial charge is 0.780 e. The summed E-state index contributed by atoms with van der Waals surface area (Å²) in [6, 6.07) is 7.98. The fourth-order valence-electron chi connectivity index (χ4n) is 2.90. The van der Waals surface area contributed by atoms with Crippen molar-refractivity contribution < 1.29 is 37.8 Å². The van der Waals surface area contributed by atoms with Gasteiger partial charge in [-0.05, 0) is 35.8 Å². The standard InChI is InChI=1S/C19H20NO8PS/c1-24-12-5-6-13(15(9-12)28-29(21,22)23)14-10-30-20-18(14)11-7-16(25-2)19(27-4)17(8-11)26-3/h5-10H,1-4H3,(H2,21,22,23)/p-2. The molecular formula is C19H18NO8PS-2. The second-order valence-corrected chi connectivity index (χ2v) is 7.60. The van der Waals surface area contributed by atoms with Crippen LogP contribution in [0.4, 0.5) is 0 Å². The van der Waals surface area contributed by atoms with Crippen molar-refractivity contribution in [3.05, 3.63) is 35.7 Å². The second-order valence-electron chi connectivity index (χ2n) is 5.89. The molecule has 1 heterocycles.